The second-order valence-corrected chi connectivity index (χ2v) is 4.33. The Kier molecular flexibility index (Phi) is 6.19. The smallest absolute Gasteiger partial charge is 0.124 e. The summed E-state index contributed by atoms with van der Waals surface area (Å²) in [5.41, 5.74) is 1.18. The molecule has 0 amide bonds. The van der Waals surface area contributed by atoms with E-state index < -0.39 is 0 Å². The highest BCUT2D eigenvalue weighted by atomic mass is 79.9. The van der Waals surface area contributed by atoms with Crippen molar-refractivity contribution in [3.8, 4) is 5.75 Å². The van der Waals surface area contributed by atoms with Crippen LogP contribution in [0.4, 0.5) is 0 Å². The summed E-state index contributed by atoms with van der Waals surface area (Å²) in [5, 5.41) is 3.30. The molecule has 0 aliphatic carbocycles. The lowest BCUT2D eigenvalue weighted by Crippen LogP contribution is -2.13. The van der Waals surface area contributed by atoms with Gasteiger partial charge in [-0.1, -0.05) is 35.0 Å². The van der Waals surface area contributed by atoms with E-state index in [0.29, 0.717) is 6.61 Å². The highest BCUT2D eigenvalue weighted by molar-refractivity contribution is 9.10. The van der Waals surface area contributed by atoms with E-state index in [2.05, 4.69) is 34.2 Å². The third-order valence-corrected chi connectivity index (χ3v) is 2.65. The normalized spacial score (nSPS) is 10.9. The van der Waals surface area contributed by atoms with E-state index in [-0.39, 0.29) is 0 Å². The first-order valence-electron chi connectivity index (χ1n) is 5.51. The predicted octanol–water partition coefficient (Wildman–Crippen LogP) is 3.51. The third kappa shape index (κ3) is 4.37. The molecule has 0 aromatic heterocycles. The fraction of sp³-hybridized carbons (Fsp3) is 0.385. The Morgan fingerprint density at radius 2 is 2.25 bits per heavy atom. The van der Waals surface area contributed by atoms with Crippen LogP contribution in [-0.2, 0) is 6.54 Å². The van der Waals surface area contributed by atoms with Crippen LogP contribution in [0.15, 0.2) is 34.8 Å². The number of nitrogens with one attached hydrogen (secondary N) is 1. The molecule has 0 unspecified atom stereocenters. The van der Waals surface area contributed by atoms with Crippen LogP contribution in [0.25, 0.3) is 0 Å². The van der Waals surface area contributed by atoms with E-state index in [0.717, 1.165) is 23.3 Å². The van der Waals surface area contributed by atoms with Gasteiger partial charge in [0.2, 0.25) is 0 Å². The van der Waals surface area contributed by atoms with Crippen molar-refractivity contribution in [3.63, 3.8) is 0 Å². The molecule has 88 valence electrons. The summed E-state index contributed by atoms with van der Waals surface area (Å²) < 4.78 is 6.76. The molecular formula is C13H18BrNO. The summed E-state index contributed by atoms with van der Waals surface area (Å²) in [6, 6.07) is 6.09. The van der Waals surface area contributed by atoms with Crippen LogP contribution in [0.5, 0.6) is 5.75 Å². The highest BCUT2D eigenvalue weighted by Gasteiger charge is 2.03. The summed E-state index contributed by atoms with van der Waals surface area (Å²) >= 11 is 3.47. The van der Waals surface area contributed by atoms with Gasteiger partial charge < -0.3 is 10.1 Å². The first-order chi connectivity index (χ1) is 7.77. The Balaban J connectivity index is 2.72. The highest BCUT2D eigenvalue weighted by Crippen LogP contribution is 2.23. The number of ether oxygens (including phenoxy) is 1. The number of rotatable bonds is 6. The van der Waals surface area contributed by atoms with Crippen molar-refractivity contribution in [1.82, 2.24) is 5.32 Å². The van der Waals surface area contributed by atoms with Crippen molar-refractivity contribution < 1.29 is 4.74 Å². The first kappa shape index (κ1) is 13.3. The molecule has 1 N–H and O–H groups in total. The maximum Gasteiger partial charge on any atom is 0.124 e. The Bertz CT molecular complexity index is 350. The van der Waals surface area contributed by atoms with E-state index in [1.165, 1.54) is 5.56 Å². The summed E-state index contributed by atoms with van der Waals surface area (Å²) in [5.74, 6) is 0.947. The molecule has 0 aliphatic rings. The molecule has 16 heavy (non-hydrogen) atoms. The summed E-state index contributed by atoms with van der Waals surface area (Å²) in [7, 11) is 0. The molecule has 0 saturated heterocycles. The van der Waals surface area contributed by atoms with Crippen molar-refractivity contribution in [2.75, 3.05) is 13.2 Å². The minimum atomic E-state index is 0.622. The second kappa shape index (κ2) is 7.47. The minimum absolute atomic E-state index is 0.622. The molecule has 1 rings (SSSR count). The van der Waals surface area contributed by atoms with E-state index in [4.69, 9.17) is 4.74 Å². The van der Waals surface area contributed by atoms with Crippen LogP contribution in [0.2, 0.25) is 0 Å². The molecule has 0 saturated carbocycles. The van der Waals surface area contributed by atoms with Gasteiger partial charge in [0, 0.05) is 16.6 Å². The fourth-order valence-electron chi connectivity index (χ4n) is 1.32. The molecular weight excluding hydrogens is 266 g/mol. The average molecular weight is 284 g/mol. The predicted molar refractivity (Wildman–Crippen MR) is 71.8 cm³/mol. The number of hydrogen-bond acceptors (Lipinski definition) is 2. The molecule has 0 spiro atoms. The van der Waals surface area contributed by atoms with E-state index in [1.54, 1.807) is 0 Å². The van der Waals surface area contributed by atoms with E-state index in [9.17, 15) is 0 Å². The first-order valence-corrected chi connectivity index (χ1v) is 6.30. The van der Waals surface area contributed by atoms with Gasteiger partial charge in [0.25, 0.3) is 0 Å². The molecule has 0 aliphatic heterocycles. The molecule has 0 heterocycles. The molecule has 0 fully saturated rings. The lowest BCUT2D eigenvalue weighted by Gasteiger charge is -2.11. The SMILES string of the molecule is C/C=C/COc1ccc(Br)cc1CNCC. The quantitative estimate of drug-likeness (QED) is 0.807. The molecule has 3 heteroatoms. The minimum Gasteiger partial charge on any atom is -0.489 e. The van der Waals surface area contributed by atoms with Gasteiger partial charge >= 0.3 is 0 Å². The fourth-order valence-corrected chi connectivity index (χ4v) is 1.73. The number of halogens is 1. The average Bonchev–Trinajstić information content (AvgIpc) is 2.29. The van der Waals surface area contributed by atoms with E-state index in [1.807, 2.05) is 31.2 Å². The molecule has 2 nitrogen and oxygen atoms in total. The standard InChI is InChI=1S/C13H18BrNO/c1-3-5-8-16-13-7-6-12(14)9-11(13)10-15-4-2/h3,5-7,9,15H,4,8,10H2,1-2H3/b5-3+. The van der Waals surface area contributed by atoms with Gasteiger partial charge in [0.1, 0.15) is 12.4 Å². The molecule has 0 radical (unpaired) electrons. The van der Waals surface area contributed by atoms with Gasteiger partial charge in [0.15, 0.2) is 0 Å². The maximum absolute atomic E-state index is 5.68. The summed E-state index contributed by atoms with van der Waals surface area (Å²) in [6.07, 6.45) is 3.99. The van der Waals surface area contributed by atoms with Gasteiger partial charge in [-0.3, -0.25) is 0 Å². The van der Waals surface area contributed by atoms with E-state index >= 15 is 0 Å². The van der Waals surface area contributed by atoms with Crippen molar-refractivity contribution in [2.45, 2.75) is 20.4 Å². The number of benzene rings is 1. The van der Waals surface area contributed by atoms with Gasteiger partial charge in [0.05, 0.1) is 0 Å². The second-order valence-electron chi connectivity index (χ2n) is 3.41. The zero-order valence-electron chi connectivity index (χ0n) is 9.79. The van der Waals surface area contributed by atoms with Crippen LogP contribution in [0, 0.1) is 0 Å². The van der Waals surface area contributed by atoms with Gasteiger partial charge in [-0.15, -0.1) is 0 Å². The van der Waals surface area contributed by atoms with Crippen LogP contribution in [0.3, 0.4) is 0 Å². The van der Waals surface area contributed by atoms with Gasteiger partial charge in [-0.25, -0.2) is 0 Å². The summed E-state index contributed by atoms with van der Waals surface area (Å²) in [6.45, 7) is 6.50. The van der Waals surface area contributed by atoms with Crippen molar-refractivity contribution in [1.29, 1.82) is 0 Å². The van der Waals surface area contributed by atoms with Gasteiger partial charge in [-0.2, -0.15) is 0 Å². The van der Waals surface area contributed by atoms with Crippen LogP contribution in [-0.4, -0.2) is 13.2 Å². The van der Waals surface area contributed by atoms with Crippen molar-refractivity contribution >= 4 is 15.9 Å². The Labute approximate surface area is 106 Å². The largest absolute Gasteiger partial charge is 0.489 e. The van der Waals surface area contributed by atoms with Crippen molar-refractivity contribution in [2.24, 2.45) is 0 Å². The lowest BCUT2D eigenvalue weighted by atomic mass is 10.2. The Morgan fingerprint density at radius 1 is 1.44 bits per heavy atom. The van der Waals surface area contributed by atoms with Gasteiger partial charge in [-0.05, 0) is 31.7 Å². The van der Waals surface area contributed by atoms with Crippen LogP contribution >= 0.6 is 15.9 Å². The zero-order valence-corrected chi connectivity index (χ0v) is 11.4. The topological polar surface area (TPSA) is 21.3 Å². The summed E-state index contributed by atoms with van der Waals surface area (Å²) in [4.78, 5) is 0. The third-order valence-electron chi connectivity index (χ3n) is 2.16. The molecule has 1 aromatic rings. The van der Waals surface area contributed by atoms with Crippen LogP contribution < -0.4 is 10.1 Å². The lowest BCUT2D eigenvalue weighted by molar-refractivity contribution is 0.357. The number of allylic oxidation sites excluding steroid dienone is 1. The molecule has 0 bridgehead atoms. The monoisotopic (exact) mass is 283 g/mol. The zero-order chi connectivity index (χ0) is 11.8. The van der Waals surface area contributed by atoms with Crippen molar-refractivity contribution in [3.05, 3.63) is 40.4 Å². The number of hydrogen-bond donors (Lipinski definition) is 1. The molecule has 1 aromatic carbocycles. The maximum atomic E-state index is 5.68. The Morgan fingerprint density at radius 3 is 2.94 bits per heavy atom. The molecule has 0 atom stereocenters. The Hall–Kier alpha value is -0.800. The van der Waals surface area contributed by atoms with Crippen LogP contribution in [0.1, 0.15) is 19.4 Å².